The van der Waals surface area contributed by atoms with Gasteiger partial charge < -0.3 is 5.32 Å². The van der Waals surface area contributed by atoms with Gasteiger partial charge in [0.2, 0.25) is 0 Å². The Hall–Kier alpha value is -1.47. The topological polar surface area (TPSA) is 37.8 Å². The summed E-state index contributed by atoms with van der Waals surface area (Å²) in [5.74, 6) is -3.94. The standard InChI is InChI=1S/C13H14F3N3S/c1-13(2,3)17-6-10-18-19-12(20-10)7-4-8(14)11(16)9(15)5-7/h4-5,17H,6H2,1-3H3. The van der Waals surface area contributed by atoms with Gasteiger partial charge in [0.25, 0.3) is 0 Å². The molecule has 7 heteroatoms. The summed E-state index contributed by atoms with van der Waals surface area (Å²) < 4.78 is 39.2. The van der Waals surface area contributed by atoms with E-state index in [1.807, 2.05) is 20.8 Å². The predicted molar refractivity (Wildman–Crippen MR) is 71.8 cm³/mol. The van der Waals surface area contributed by atoms with E-state index in [0.717, 1.165) is 12.1 Å². The normalized spacial score (nSPS) is 11.9. The fraction of sp³-hybridized carbons (Fsp3) is 0.385. The lowest BCUT2D eigenvalue weighted by molar-refractivity contribution is 0.423. The Balaban J connectivity index is 2.21. The predicted octanol–water partition coefficient (Wildman–Crippen LogP) is 3.51. The maximum Gasteiger partial charge on any atom is 0.194 e. The summed E-state index contributed by atoms with van der Waals surface area (Å²) in [7, 11) is 0. The highest BCUT2D eigenvalue weighted by atomic mass is 32.1. The molecule has 108 valence electrons. The zero-order valence-corrected chi connectivity index (χ0v) is 12.1. The molecule has 0 saturated heterocycles. The zero-order chi connectivity index (χ0) is 14.9. The molecule has 0 bridgehead atoms. The van der Waals surface area contributed by atoms with Crippen molar-refractivity contribution in [2.75, 3.05) is 0 Å². The minimum absolute atomic E-state index is 0.0695. The summed E-state index contributed by atoms with van der Waals surface area (Å²) in [5, 5.41) is 12.1. The quantitative estimate of drug-likeness (QED) is 0.882. The Bertz CT molecular complexity index is 597. The number of nitrogens with one attached hydrogen (secondary N) is 1. The zero-order valence-electron chi connectivity index (χ0n) is 11.3. The van der Waals surface area contributed by atoms with Crippen molar-refractivity contribution in [3.8, 4) is 10.6 Å². The highest BCUT2D eigenvalue weighted by Gasteiger charge is 2.15. The van der Waals surface area contributed by atoms with Crippen molar-refractivity contribution in [1.29, 1.82) is 0 Å². The maximum absolute atomic E-state index is 13.2. The minimum Gasteiger partial charge on any atom is -0.306 e. The Morgan fingerprint density at radius 3 is 2.25 bits per heavy atom. The van der Waals surface area contributed by atoms with Crippen LogP contribution in [0.4, 0.5) is 13.2 Å². The lowest BCUT2D eigenvalue weighted by atomic mass is 10.1. The second kappa shape index (κ2) is 5.49. The van der Waals surface area contributed by atoms with E-state index in [2.05, 4.69) is 15.5 Å². The SMILES string of the molecule is CC(C)(C)NCc1nnc(-c2cc(F)c(F)c(F)c2)s1. The van der Waals surface area contributed by atoms with Crippen LogP contribution >= 0.6 is 11.3 Å². The molecule has 0 fully saturated rings. The first-order valence-electron chi connectivity index (χ1n) is 5.98. The first-order chi connectivity index (χ1) is 9.26. The van der Waals surface area contributed by atoms with Crippen LogP contribution in [0.15, 0.2) is 12.1 Å². The van der Waals surface area contributed by atoms with Crippen LogP contribution in [0.5, 0.6) is 0 Å². The van der Waals surface area contributed by atoms with Gasteiger partial charge in [0, 0.05) is 11.1 Å². The molecule has 3 nitrogen and oxygen atoms in total. The smallest absolute Gasteiger partial charge is 0.194 e. The summed E-state index contributed by atoms with van der Waals surface area (Å²) in [6.07, 6.45) is 0. The molecular weight excluding hydrogens is 287 g/mol. The third kappa shape index (κ3) is 3.55. The molecule has 1 N–H and O–H groups in total. The highest BCUT2D eigenvalue weighted by molar-refractivity contribution is 7.14. The number of halogens is 3. The van der Waals surface area contributed by atoms with Crippen molar-refractivity contribution < 1.29 is 13.2 Å². The van der Waals surface area contributed by atoms with Crippen molar-refractivity contribution in [1.82, 2.24) is 15.5 Å². The first kappa shape index (κ1) is 14.9. The van der Waals surface area contributed by atoms with Crippen LogP contribution in [0.25, 0.3) is 10.6 Å². The average Bonchev–Trinajstić information content (AvgIpc) is 2.81. The van der Waals surface area contributed by atoms with Gasteiger partial charge in [0.1, 0.15) is 10.0 Å². The average molecular weight is 301 g/mol. The molecule has 1 aromatic carbocycles. The van der Waals surface area contributed by atoms with E-state index in [4.69, 9.17) is 0 Å². The van der Waals surface area contributed by atoms with Gasteiger partial charge in [0.15, 0.2) is 17.5 Å². The fourth-order valence-corrected chi connectivity index (χ4v) is 2.23. The summed E-state index contributed by atoms with van der Waals surface area (Å²) in [4.78, 5) is 0. The van der Waals surface area contributed by atoms with E-state index >= 15 is 0 Å². The van der Waals surface area contributed by atoms with Crippen LogP contribution in [0.3, 0.4) is 0 Å². The fourth-order valence-electron chi connectivity index (χ4n) is 1.46. The summed E-state index contributed by atoms with van der Waals surface area (Å²) in [6.45, 7) is 6.55. The highest BCUT2D eigenvalue weighted by Crippen LogP contribution is 2.26. The van der Waals surface area contributed by atoms with Crippen LogP contribution in [0, 0.1) is 17.5 Å². The number of hydrogen-bond acceptors (Lipinski definition) is 4. The van der Waals surface area contributed by atoms with Crippen molar-refractivity contribution in [2.45, 2.75) is 32.9 Å². The van der Waals surface area contributed by atoms with Crippen LogP contribution in [0.2, 0.25) is 0 Å². The largest absolute Gasteiger partial charge is 0.306 e. The molecule has 20 heavy (non-hydrogen) atoms. The van der Waals surface area contributed by atoms with E-state index in [9.17, 15) is 13.2 Å². The summed E-state index contributed by atoms with van der Waals surface area (Å²) in [5.41, 5.74) is 0.112. The molecule has 0 aliphatic heterocycles. The Morgan fingerprint density at radius 2 is 1.70 bits per heavy atom. The van der Waals surface area contributed by atoms with E-state index in [-0.39, 0.29) is 11.1 Å². The van der Waals surface area contributed by atoms with Gasteiger partial charge >= 0.3 is 0 Å². The summed E-state index contributed by atoms with van der Waals surface area (Å²) >= 11 is 1.21. The van der Waals surface area contributed by atoms with Crippen LogP contribution in [-0.2, 0) is 6.54 Å². The third-order valence-corrected chi connectivity index (χ3v) is 3.44. The molecule has 0 saturated carbocycles. The number of aromatic nitrogens is 2. The molecule has 0 radical (unpaired) electrons. The van der Waals surface area contributed by atoms with E-state index in [1.165, 1.54) is 11.3 Å². The molecule has 1 heterocycles. The second-order valence-electron chi connectivity index (χ2n) is 5.36. The maximum atomic E-state index is 13.2. The molecular formula is C13H14F3N3S. The molecule has 0 amide bonds. The Kier molecular flexibility index (Phi) is 4.10. The second-order valence-corrected chi connectivity index (χ2v) is 6.42. The van der Waals surface area contributed by atoms with Gasteiger partial charge in [0.05, 0.1) is 6.54 Å². The van der Waals surface area contributed by atoms with Gasteiger partial charge in [-0.25, -0.2) is 13.2 Å². The van der Waals surface area contributed by atoms with Crippen LogP contribution in [0.1, 0.15) is 25.8 Å². The Labute approximate surface area is 118 Å². The lowest BCUT2D eigenvalue weighted by Crippen LogP contribution is -2.35. The van der Waals surface area contributed by atoms with E-state index in [1.54, 1.807) is 0 Å². The van der Waals surface area contributed by atoms with E-state index in [0.29, 0.717) is 16.6 Å². The van der Waals surface area contributed by atoms with Gasteiger partial charge in [-0.2, -0.15) is 0 Å². The monoisotopic (exact) mass is 301 g/mol. The van der Waals surface area contributed by atoms with Crippen LogP contribution < -0.4 is 5.32 Å². The summed E-state index contributed by atoms with van der Waals surface area (Å²) in [6, 6.07) is 1.83. The van der Waals surface area contributed by atoms with Crippen molar-refractivity contribution in [2.24, 2.45) is 0 Å². The van der Waals surface area contributed by atoms with Crippen molar-refractivity contribution in [3.05, 3.63) is 34.6 Å². The molecule has 0 aliphatic carbocycles. The third-order valence-electron chi connectivity index (χ3n) is 2.47. The van der Waals surface area contributed by atoms with Crippen molar-refractivity contribution in [3.63, 3.8) is 0 Å². The number of hydrogen-bond donors (Lipinski definition) is 1. The number of benzene rings is 1. The molecule has 0 aliphatic rings. The van der Waals surface area contributed by atoms with Gasteiger partial charge in [-0.05, 0) is 32.9 Å². The minimum atomic E-state index is -1.48. The van der Waals surface area contributed by atoms with Gasteiger partial charge in [-0.15, -0.1) is 10.2 Å². The van der Waals surface area contributed by atoms with Gasteiger partial charge in [-0.1, -0.05) is 11.3 Å². The van der Waals surface area contributed by atoms with Crippen LogP contribution in [-0.4, -0.2) is 15.7 Å². The van der Waals surface area contributed by atoms with Gasteiger partial charge in [-0.3, -0.25) is 0 Å². The first-order valence-corrected chi connectivity index (χ1v) is 6.80. The molecule has 0 spiro atoms. The number of nitrogens with zero attached hydrogens (tertiary/aromatic N) is 2. The number of rotatable bonds is 3. The lowest BCUT2D eigenvalue weighted by Gasteiger charge is -2.19. The molecule has 1 aromatic heterocycles. The molecule has 2 aromatic rings. The molecule has 0 unspecified atom stereocenters. The molecule has 0 atom stereocenters. The van der Waals surface area contributed by atoms with E-state index < -0.39 is 17.5 Å². The molecule has 2 rings (SSSR count). The Morgan fingerprint density at radius 1 is 1.10 bits per heavy atom. The van der Waals surface area contributed by atoms with Crippen molar-refractivity contribution >= 4 is 11.3 Å².